The Balaban J connectivity index is 1.68. The Labute approximate surface area is 116 Å². The molecule has 0 aliphatic heterocycles. The smallest absolute Gasteiger partial charge is 0.268 e. The largest absolute Gasteiger partial charge is 0.308 e. The summed E-state index contributed by atoms with van der Waals surface area (Å²) in [5, 5.41) is 5.42. The van der Waals surface area contributed by atoms with Gasteiger partial charge in [-0.2, -0.15) is 0 Å². The second-order valence-electron chi connectivity index (χ2n) is 5.31. The minimum absolute atomic E-state index is 0.0213. The van der Waals surface area contributed by atoms with Gasteiger partial charge in [-0.25, -0.2) is 4.98 Å². The standard InChI is InChI=1S/C14H19N3OS/c1-2-10(7-9-3-4-9)15-8-12-16-11-5-6-19-13(11)14(18)17-12/h5-6,9-10,15H,2-4,7-8H2,1H3,(H,16,17,18). The molecule has 102 valence electrons. The normalized spacial score (nSPS) is 16.9. The molecule has 1 atom stereocenters. The third-order valence-electron chi connectivity index (χ3n) is 3.73. The van der Waals surface area contributed by atoms with Gasteiger partial charge in [0.05, 0.1) is 12.1 Å². The van der Waals surface area contributed by atoms with E-state index in [0.29, 0.717) is 17.3 Å². The fraction of sp³-hybridized carbons (Fsp3) is 0.571. The molecule has 4 nitrogen and oxygen atoms in total. The van der Waals surface area contributed by atoms with Gasteiger partial charge in [-0.3, -0.25) is 4.79 Å². The zero-order valence-corrected chi connectivity index (χ0v) is 11.9. The van der Waals surface area contributed by atoms with Gasteiger partial charge in [0.15, 0.2) is 0 Å². The maximum Gasteiger partial charge on any atom is 0.268 e. The van der Waals surface area contributed by atoms with Crippen LogP contribution in [-0.2, 0) is 6.54 Å². The van der Waals surface area contributed by atoms with Crippen LogP contribution in [0.3, 0.4) is 0 Å². The molecule has 1 saturated carbocycles. The molecule has 19 heavy (non-hydrogen) atoms. The summed E-state index contributed by atoms with van der Waals surface area (Å²) in [7, 11) is 0. The summed E-state index contributed by atoms with van der Waals surface area (Å²) in [4.78, 5) is 19.2. The highest BCUT2D eigenvalue weighted by atomic mass is 32.1. The van der Waals surface area contributed by atoms with Crippen LogP contribution >= 0.6 is 11.3 Å². The fourth-order valence-electron chi connectivity index (χ4n) is 2.40. The first-order valence-electron chi connectivity index (χ1n) is 6.96. The van der Waals surface area contributed by atoms with E-state index in [-0.39, 0.29) is 5.56 Å². The van der Waals surface area contributed by atoms with Crippen molar-refractivity contribution in [2.24, 2.45) is 5.92 Å². The van der Waals surface area contributed by atoms with Crippen LogP contribution in [0, 0.1) is 5.92 Å². The molecule has 0 saturated heterocycles. The summed E-state index contributed by atoms with van der Waals surface area (Å²) >= 11 is 1.44. The van der Waals surface area contributed by atoms with Crippen molar-refractivity contribution < 1.29 is 0 Å². The second kappa shape index (κ2) is 5.43. The summed E-state index contributed by atoms with van der Waals surface area (Å²) in [6.45, 7) is 2.85. The molecular weight excluding hydrogens is 258 g/mol. The first-order valence-corrected chi connectivity index (χ1v) is 7.84. The van der Waals surface area contributed by atoms with Gasteiger partial charge in [0.1, 0.15) is 10.5 Å². The first-order chi connectivity index (χ1) is 9.26. The fourth-order valence-corrected chi connectivity index (χ4v) is 3.12. The molecule has 0 spiro atoms. The molecule has 0 bridgehead atoms. The van der Waals surface area contributed by atoms with Crippen LogP contribution < -0.4 is 10.9 Å². The molecule has 3 rings (SSSR count). The molecule has 2 aromatic heterocycles. The molecular formula is C14H19N3OS. The number of aromatic amines is 1. The lowest BCUT2D eigenvalue weighted by Crippen LogP contribution is -2.30. The predicted octanol–water partition coefficient (Wildman–Crippen LogP) is 2.65. The third kappa shape index (κ3) is 3.04. The van der Waals surface area contributed by atoms with Gasteiger partial charge >= 0.3 is 0 Å². The Morgan fingerprint density at radius 2 is 2.42 bits per heavy atom. The molecule has 1 aliphatic carbocycles. The second-order valence-corrected chi connectivity index (χ2v) is 6.23. The maximum atomic E-state index is 11.8. The minimum atomic E-state index is -0.0213. The number of fused-ring (bicyclic) bond motifs is 1. The average molecular weight is 277 g/mol. The summed E-state index contributed by atoms with van der Waals surface area (Å²) < 4.78 is 0.716. The van der Waals surface area contributed by atoms with Crippen LogP contribution in [0.2, 0.25) is 0 Å². The number of hydrogen-bond donors (Lipinski definition) is 2. The third-order valence-corrected chi connectivity index (χ3v) is 4.63. The molecule has 0 amide bonds. The van der Waals surface area contributed by atoms with Crippen LogP contribution in [-0.4, -0.2) is 16.0 Å². The van der Waals surface area contributed by atoms with E-state index in [1.807, 2.05) is 11.4 Å². The van der Waals surface area contributed by atoms with Crippen LogP contribution in [0.1, 0.15) is 38.4 Å². The van der Waals surface area contributed by atoms with Gasteiger partial charge < -0.3 is 10.3 Å². The van der Waals surface area contributed by atoms with Crippen molar-refractivity contribution in [3.05, 3.63) is 27.6 Å². The van der Waals surface area contributed by atoms with Gasteiger partial charge in [0.25, 0.3) is 5.56 Å². The van der Waals surface area contributed by atoms with Crippen molar-refractivity contribution in [2.75, 3.05) is 0 Å². The average Bonchev–Trinajstić information content (AvgIpc) is 3.09. The number of rotatable bonds is 6. The summed E-state index contributed by atoms with van der Waals surface area (Å²) in [6, 6.07) is 2.44. The van der Waals surface area contributed by atoms with Crippen molar-refractivity contribution in [3.8, 4) is 0 Å². The number of nitrogens with one attached hydrogen (secondary N) is 2. The van der Waals surface area contributed by atoms with Crippen molar-refractivity contribution in [1.82, 2.24) is 15.3 Å². The Kier molecular flexibility index (Phi) is 3.66. The van der Waals surface area contributed by atoms with Gasteiger partial charge in [-0.15, -0.1) is 11.3 Å². The quantitative estimate of drug-likeness (QED) is 0.853. The molecule has 2 N–H and O–H groups in total. The lowest BCUT2D eigenvalue weighted by molar-refractivity contribution is 0.439. The summed E-state index contributed by atoms with van der Waals surface area (Å²) in [5.41, 5.74) is 0.785. The maximum absolute atomic E-state index is 11.8. The van der Waals surface area contributed by atoms with Crippen LogP contribution in [0.15, 0.2) is 16.2 Å². The first kappa shape index (κ1) is 12.8. The summed E-state index contributed by atoms with van der Waals surface area (Å²) in [6.07, 6.45) is 5.14. The van der Waals surface area contributed by atoms with E-state index < -0.39 is 0 Å². The molecule has 2 aromatic rings. The highest BCUT2D eigenvalue weighted by molar-refractivity contribution is 7.17. The van der Waals surface area contributed by atoms with Crippen molar-refractivity contribution in [1.29, 1.82) is 0 Å². The van der Waals surface area contributed by atoms with E-state index in [9.17, 15) is 4.79 Å². The number of thiophene rings is 1. The molecule has 5 heteroatoms. The van der Waals surface area contributed by atoms with E-state index in [2.05, 4.69) is 22.2 Å². The van der Waals surface area contributed by atoms with E-state index in [1.165, 1.54) is 30.6 Å². The minimum Gasteiger partial charge on any atom is -0.308 e. The van der Waals surface area contributed by atoms with E-state index >= 15 is 0 Å². The van der Waals surface area contributed by atoms with Crippen LogP contribution in [0.4, 0.5) is 0 Å². The lowest BCUT2D eigenvalue weighted by Gasteiger charge is -2.16. The van der Waals surface area contributed by atoms with E-state index in [1.54, 1.807) is 0 Å². The topological polar surface area (TPSA) is 57.8 Å². The monoisotopic (exact) mass is 277 g/mol. The number of nitrogens with zero attached hydrogens (tertiary/aromatic N) is 1. The summed E-state index contributed by atoms with van der Waals surface area (Å²) in [5.74, 6) is 1.66. The Bertz CT molecular complexity index is 614. The van der Waals surface area contributed by atoms with Gasteiger partial charge in [0.2, 0.25) is 0 Å². The molecule has 1 aliphatic rings. The van der Waals surface area contributed by atoms with Crippen molar-refractivity contribution >= 4 is 21.6 Å². The zero-order chi connectivity index (χ0) is 13.2. The Morgan fingerprint density at radius 1 is 1.58 bits per heavy atom. The molecule has 1 fully saturated rings. The van der Waals surface area contributed by atoms with Gasteiger partial charge in [0, 0.05) is 6.04 Å². The Hall–Kier alpha value is -1.20. The van der Waals surface area contributed by atoms with Crippen molar-refractivity contribution in [3.63, 3.8) is 0 Å². The van der Waals surface area contributed by atoms with Crippen LogP contribution in [0.5, 0.6) is 0 Å². The van der Waals surface area contributed by atoms with Crippen LogP contribution in [0.25, 0.3) is 10.2 Å². The van der Waals surface area contributed by atoms with E-state index in [0.717, 1.165) is 23.7 Å². The molecule has 0 radical (unpaired) electrons. The molecule has 0 aromatic carbocycles. The lowest BCUT2D eigenvalue weighted by atomic mass is 10.1. The highest BCUT2D eigenvalue weighted by Gasteiger charge is 2.24. The van der Waals surface area contributed by atoms with Gasteiger partial charge in [-0.05, 0) is 30.2 Å². The van der Waals surface area contributed by atoms with Gasteiger partial charge in [-0.1, -0.05) is 19.8 Å². The molecule has 2 heterocycles. The Morgan fingerprint density at radius 3 is 3.16 bits per heavy atom. The van der Waals surface area contributed by atoms with E-state index in [4.69, 9.17) is 0 Å². The SMILES string of the molecule is CCC(CC1CC1)NCc1nc2ccsc2c(=O)[nH]1. The molecule has 1 unspecified atom stereocenters. The zero-order valence-electron chi connectivity index (χ0n) is 11.1. The number of hydrogen-bond acceptors (Lipinski definition) is 4. The van der Waals surface area contributed by atoms with Crippen molar-refractivity contribution in [2.45, 2.75) is 45.2 Å². The number of H-pyrrole nitrogens is 1. The number of aromatic nitrogens is 2. The highest BCUT2D eigenvalue weighted by Crippen LogP contribution is 2.34. The predicted molar refractivity (Wildman–Crippen MR) is 78.5 cm³/mol.